The Hall–Kier alpha value is -2.40. The Morgan fingerprint density at radius 3 is 2.76 bits per heavy atom. The number of pyridine rings is 1. The van der Waals surface area contributed by atoms with E-state index in [0.717, 1.165) is 19.5 Å². The summed E-state index contributed by atoms with van der Waals surface area (Å²) in [5, 5.41) is 3.03. The molecule has 2 heterocycles. The molecule has 132 valence electrons. The maximum Gasteiger partial charge on any atom is 0.256 e. The van der Waals surface area contributed by atoms with E-state index in [4.69, 9.17) is 4.74 Å². The number of carbonyl (C=O) groups is 1. The minimum absolute atomic E-state index is 0.140. The van der Waals surface area contributed by atoms with Crippen LogP contribution >= 0.6 is 0 Å². The first-order valence-electron chi connectivity index (χ1n) is 8.60. The Morgan fingerprint density at radius 1 is 1.24 bits per heavy atom. The number of hydrogen-bond donors (Lipinski definition) is 1. The van der Waals surface area contributed by atoms with Gasteiger partial charge < -0.3 is 10.1 Å². The zero-order chi connectivity index (χ0) is 17.9. The third-order valence-electron chi connectivity index (χ3n) is 4.88. The quantitative estimate of drug-likeness (QED) is 0.910. The minimum atomic E-state index is -0.157. The molecular formula is C20H25N3O2. The second-order valence-corrected chi connectivity index (χ2v) is 7.00. The van der Waals surface area contributed by atoms with E-state index >= 15 is 0 Å². The average molecular weight is 339 g/mol. The summed E-state index contributed by atoms with van der Waals surface area (Å²) in [6.07, 6.45) is 2.66. The van der Waals surface area contributed by atoms with Crippen molar-refractivity contribution in [3.63, 3.8) is 0 Å². The lowest BCUT2D eigenvalue weighted by molar-refractivity contribution is 0.0823. The molecule has 5 nitrogen and oxygen atoms in total. The van der Waals surface area contributed by atoms with Crippen LogP contribution in [-0.4, -0.2) is 41.5 Å². The molecule has 1 aliphatic rings. The van der Waals surface area contributed by atoms with Crippen molar-refractivity contribution in [2.45, 2.75) is 32.4 Å². The molecule has 0 radical (unpaired) electrons. The monoisotopic (exact) mass is 339 g/mol. The molecule has 0 saturated carbocycles. The molecule has 1 amide bonds. The number of rotatable bonds is 5. The number of benzene rings is 1. The summed E-state index contributed by atoms with van der Waals surface area (Å²) in [6, 6.07) is 12.1. The van der Waals surface area contributed by atoms with Gasteiger partial charge in [0, 0.05) is 31.4 Å². The maximum atomic E-state index is 12.5. The fourth-order valence-corrected chi connectivity index (χ4v) is 3.24. The molecule has 2 aromatic rings. The zero-order valence-corrected chi connectivity index (χ0v) is 15.1. The van der Waals surface area contributed by atoms with Gasteiger partial charge in [0.15, 0.2) is 0 Å². The van der Waals surface area contributed by atoms with Crippen LogP contribution in [0.4, 0.5) is 0 Å². The van der Waals surface area contributed by atoms with Gasteiger partial charge in [-0.3, -0.25) is 9.69 Å². The van der Waals surface area contributed by atoms with Crippen LogP contribution < -0.4 is 10.1 Å². The van der Waals surface area contributed by atoms with E-state index in [9.17, 15) is 4.79 Å². The summed E-state index contributed by atoms with van der Waals surface area (Å²) >= 11 is 0. The van der Waals surface area contributed by atoms with E-state index in [1.165, 1.54) is 18.2 Å². The fraction of sp³-hybridized carbons (Fsp3) is 0.400. The predicted molar refractivity (Wildman–Crippen MR) is 97.8 cm³/mol. The van der Waals surface area contributed by atoms with Gasteiger partial charge >= 0.3 is 0 Å². The molecule has 25 heavy (non-hydrogen) atoms. The predicted octanol–water partition coefficient (Wildman–Crippen LogP) is 2.66. The Kier molecular flexibility index (Phi) is 5.04. The molecule has 5 heteroatoms. The first kappa shape index (κ1) is 17.4. The van der Waals surface area contributed by atoms with Gasteiger partial charge in [0.05, 0.1) is 7.11 Å². The van der Waals surface area contributed by atoms with Crippen LogP contribution in [0.2, 0.25) is 0 Å². The molecule has 1 aliphatic heterocycles. The van der Waals surface area contributed by atoms with Crippen LogP contribution in [0.15, 0.2) is 42.6 Å². The summed E-state index contributed by atoms with van der Waals surface area (Å²) in [6.45, 7) is 6.81. The van der Waals surface area contributed by atoms with Crippen LogP contribution in [0, 0.1) is 0 Å². The van der Waals surface area contributed by atoms with Crippen LogP contribution in [0.25, 0.3) is 0 Å². The van der Waals surface area contributed by atoms with Crippen molar-refractivity contribution in [1.29, 1.82) is 0 Å². The van der Waals surface area contributed by atoms with Crippen molar-refractivity contribution in [1.82, 2.24) is 15.2 Å². The van der Waals surface area contributed by atoms with Gasteiger partial charge in [-0.15, -0.1) is 0 Å². The summed E-state index contributed by atoms with van der Waals surface area (Å²) in [4.78, 5) is 19.0. The zero-order valence-electron chi connectivity index (χ0n) is 15.1. The molecule has 0 bridgehead atoms. The normalized spacial score (nSPS) is 14.7. The first-order valence-corrected chi connectivity index (χ1v) is 8.60. The number of methoxy groups -OCH3 is 1. The number of ether oxygens (including phenoxy) is 1. The van der Waals surface area contributed by atoms with E-state index < -0.39 is 0 Å². The minimum Gasteiger partial charge on any atom is -0.480 e. The highest BCUT2D eigenvalue weighted by atomic mass is 16.5. The van der Waals surface area contributed by atoms with Gasteiger partial charge in [0.1, 0.15) is 5.56 Å². The SMILES string of the molecule is COc1ncccc1C(=O)NCC(C)(C)N1CCc2ccccc2C1. The lowest BCUT2D eigenvalue weighted by Gasteiger charge is -2.41. The highest BCUT2D eigenvalue weighted by Gasteiger charge is 2.30. The topological polar surface area (TPSA) is 54.5 Å². The molecule has 1 N–H and O–H groups in total. The Morgan fingerprint density at radius 2 is 2.00 bits per heavy atom. The van der Waals surface area contributed by atoms with Crippen molar-refractivity contribution >= 4 is 5.91 Å². The first-order chi connectivity index (χ1) is 12.0. The van der Waals surface area contributed by atoms with Crippen LogP contribution in [-0.2, 0) is 13.0 Å². The van der Waals surface area contributed by atoms with Crippen molar-refractivity contribution in [2.24, 2.45) is 0 Å². The third-order valence-corrected chi connectivity index (χ3v) is 4.88. The van der Waals surface area contributed by atoms with Crippen molar-refractivity contribution < 1.29 is 9.53 Å². The van der Waals surface area contributed by atoms with Gasteiger partial charge in [-0.2, -0.15) is 0 Å². The average Bonchev–Trinajstić information content (AvgIpc) is 2.65. The highest BCUT2D eigenvalue weighted by molar-refractivity contribution is 5.96. The molecule has 1 aromatic heterocycles. The number of nitrogens with zero attached hydrogens (tertiary/aromatic N) is 2. The van der Waals surface area contributed by atoms with E-state index in [1.807, 2.05) is 0 Å². The number of fused-ring (bicyclic) bond motifs is 1. The van der Waals surface area contributed by atoms with E-state index in [-0.39, 0.29) is 11.4 Å². The second kappa shape index (κ2) is 7.23. The molecular weight excluding hydrogens is 314 g/mol. The summed E-state index contributed by atoms with van der Waals surface area (Å²) < 4.78 is 5.17. The molecule has 1 aromatic carbocycles. The fourth-order valence-electron chi connectivity index (χ4n) is 3.24. The van der Waals surface area contributed by atoms with Gasteiger partial charge in [0.25, 0.3) is 5.91 Å². The lowest BCUT2D eigenvalue weighted by Crippen LogP contribution is -2.53. The van der Waals surface area contributed by atoms with Crippen LogP contribution in [0.5, 0.6) is 5.88 Å². The van der Waals surface area contributed by atoms with Gasteiger partial charge in [-0.05, 0) is 43.5 Å². The molecule has 0 fully saturated rings. The molecule has 3 rings (SSSR count). The van der Waals surface area contributed by atoms with E-state index in [0.29, 0.717) is 18.0 Å². The van der Waals surface area contributed by atoms with Crippen molar-refractivity contribution in [3.05, 3.63) is 59.3 Å². The number of carbonyl (C=O) groups excluding carboxylic acids is 1. The largest absolute Gasteiger partial charge is 0.480 e. The van der Waals surface area contributed by atoms with E-state index in [1.54, 1.807) is 18.3 Å². The standard InChI is InChI=1S/C20H25N3O2/c1-20(2,23-12-10-15-7-4-5-8-16(15)13-23)14-22-18(24)17-9-6-11-21-19(17)25-3/h4-9,11H,10,12-14H2,1-3H3,(H,22,24). The number of aromatic nitrogens is 1. The number of amides is 1. The van der Waals surface area contributed by atoms with Gasteiger partial charge in [-0.1, -0.05) is 24.3 Å². The summed E-state index contributed by atoms with van der Waals surface area (Å²) in [7, 11) is 1.52. The molecule has 0 unspecified atom stereocenters. The van der Waals surface area contributed by atoms with Gasteiger partial charge in [-0.25, -0.2) is 4.98 Å². The Labute approximate surface area is 149 Å². The molecule has 0 aliphatic carbocycles. The smallest absolute Gasteiger partial charge is 0.256 e. The highest BCUT2D eigenvalue weighted by Crippen LogP contribution is 2.25. The summed E-state index contributed by atoms with van der Waals surface area (Å²) in [5.74, 6) is 0.195. The second-order valence-electron chi connectivity index (χ2n) is 7.00. The number of hydrogen-bond acceptors (Lipinski definition) is 4. The Bertz CT molecular complexity index is 758. The van der Waals surface area contributed by atoms with Gasteiger partial charge in [0.2, 0.25) is 5.88 Å². The molecule has 0 atom stereocenters. The van der Waals surface area contributed by atoms with Crippen LogP contribution in [0.3, 0.4) is 0 Å². The van der Waals surface area contributed by atoms with E-state index in [2.05, 4.69) is 53.3 Å². The maximum absolute atomic E-state index is 12.5. The number of nitrogens with one attached hydrogen (secondary N) is 1. The third kappa shape index (κ3) is 3.82. The van der Waals surface area contributed by atoms with Crippen molar-refractivity contribution in [2.75, 3.05) is 20.2 Å². The summed E-state index contributed by atoms with van der Waals surface area (Å²) in [5.41, 5.74) is 3.13. The lowest BCUT2D eigenvalue weighted by atomic mass is 9.94. The van der Waals surface area contributed by atoms with Crippen LogP contribution in [0.1, 0.15) is 35.3 Å². The Balaban J connectivity index is 1.65. The van der Waals surface area contributed by atoms with Crippen molar-refractivity contribution in [3.8, 4) is 5.88 Å². The molecule has 0 spiro atoms. The molecule has 0 saturated heterocycles.